The van der Waals surface area contributed by atoms with E-state index in [1.54, 1.807) is 42.5 Å². The zero-order valence-corrected chi connectivity index (χ0v) is 18.6. The Bertz CT molecular complexity index is 1180. The van der Waals surface area contributed by atoms with E-state index in [1.165, 1.54) is 7.11 Å². The summed E-state index contributed by atoms with van der Waals surface area (Å²) in [6.45, 7) is 4.04. The van der Waals surface area contributed by atoms with Crippen LogP contribution < -0.4 is 14.8 Å². The van der Waals surface area contributed by atoms with Gasteiger partial charge in [-0.1, -0.05) is 42.5 Å². The summed E-state index contributed by atoms with van der Waals surface area (Å²) < 4.78 is 33.1. The summed E-state index contributed by atoms with van der Waals surface area (Å²) in [6.07, 6.45) is 0. The van der Waals surface area contributed by atoms with Crippen LogP contribution in [0.4, 0.5) is 5.69 Å². The van der Waals surface area contributed by atoms with E-state index >= 15 is 0 Å². The molecule has 0 atom stereocenters. The molecule has 3 rings (SSSR count). The van der Waals surface area contributed by atoms with Gasteiger partial charge in [0.25, 0.3) is 5.91 Å². The first-order valence-electron chi connectivity index (χ1n) is 9.84. The predicted molar refractivity (Wildman–Crippen MR) is 123 cm³/mol. The monoisotopic (exact) mass is 438 g/mol. The molecule has 6 nitrogen and oxygen atoms in total. The van der Waals surface area contributed by atoms with Crippen molar-refractivity contribution in [3.05, 3.63) is 94.5 Å². The second-order valence-corrected chi connectivity index (χ2v) is 9.15. The van der Waals surface area contributed by atoms with Gasteiger partial charge in [-0.15, -0.1) is 0 Å². The van der Waals surface area contributed by atoms with Crippen LogP contribution in [0.1, 0.15) is 32.6 Å². The van der Waals surface area contributed by atoms with Crippen molar-refractivity contribution in [2.24, 2.45) is 0 Å². The van der Waals surface area contributed by atoms with Gasteiger partial charge in [0.15, 0.2) is 0 Å². The van der Waals surface area contributed by atoms with Crippen LogP contribution in [-0.2, 0) is 22.3 Å². The lowest BCUT2D eigenvalue weighted by molar-refractivity contribution is 0.102. The lowest BCUT2D eigenvalue weighted by Crippen LogP contribution is -2.25. The largest absolute Gasteiger partial charge is 0.496 e. The molecule has 0 saturated carbocycles. The molecule has 0 unspecified atom stereocenters. The molecule has 7 heteroatoms. The van der Waals surface area contributed by atoms with Gasteiger partial charge >= 0.3 is 0 Å². The minimum Gasteiger partial charge on any atom is -0.496 e. The fourth-order valence-corrected chi connectivity index (χ4v) is 4.21. The molecule has 0 aliphatic rings. The van der Waals surface area contributed by atoms with Crippen LogP contribution in [0.2, 0.25) is 0 Å². The van der Waals surface area contributed by atoms with Crippen molar-refractivity contribution in [2.45, 2.75) is 26.1 Å². The summed E-state index contributed by atoms with van der Waals surface area (Å²) in [5.74, 6) is 0.158. The lowest BCUT2D eigenvalue weighted by atomic mass is 10.1. The van der Waals surface area contributed by atoms with Crippen LogP contribution in [0.25, 0.3) is 0 Å². The highest BCUT2D eigenvalue weighted by molar-refractivity contribution is 7.88. The molecule has 0 saturated heterocycles. The fraction of sp³-hybridized carbons (Fsp3) is 0.208. The second-order valence-electron chi connectivity index (χ2n) is 7.35. The highest BCUT2D eigenvalue weighted by Crippen LogP contribution is 2.24. The minimum absolute atomic E-state index is 0.0866. The number of methoxy groups -OCH3 is 1. The quantitative estimate of drug-likeness (QED) is 0.552. The van der Waals surface area contributed by atoms with Crippen molar-refractivity contribution in [3.63, 3.8) is 0 Å². The molecule has 0 radical (unpaired) electrons. The Kier molecular flexibility index (Phi) is 7.09. The summed E-state index contributed by atoms with van der Waals surface area (Å²) in [7, 11) is -2.02. The smallest absolute Gasteiger partial charge is 0.255 e. The van der Waals surface area contributed by atoms with Gasteiger partial charge in [-0.3, -0.25) is 4.79 Å². The number of amides is 1. The van der Waals surface area contributed by atoms with Crippen molar-refractivity contribution < 1.29 is 17.9 Å². The van der Waals surface area contributed by atoms with E-state index in [1.807, 2.05) is 38.1 Å². The number of sulfonamides is 1. The summed E-state index contributed by atoms with van der Waals surface area (Å²) >= 11 is 0. The number of carbonyl (C=O) groups excluding carboxylic acids is 1. The van der Waals surface area contributed by atoms with Gasteiger partial charge in [0, 0.05) is 29.4 Å². The average molecular weight is 439 g/mol. The van der Waals surface area contributed by atoms with Crippen molar-refractivity contribution in [1.82, 2.24) is 4.72 Å². The lowest BCUT2D eigenvalue weighted by Gasteiger charge is -2.13. The van der Waals surface area contributed by atoms with Crippen molar-refractivity contribution >= 4 is 21.6 Å². The second kappa shape index (κ2) is 9.76. The molecule has 3 aromatic carbocycles. The van der Waals surface area contributed by atoms with Gasteiger partial charge in [0.2, 0.25) is 10.0 Å². The van der Waals surface area contributed by atoms with Crippen molar-refractivity contribution in [3.8, 4) is 5.75 Å². The minimum atomic E-state index is -3.53. The molecule has 31 heavy (non-hydrogen) atoms. The molecular formula is C24H26N2O4S. The first-order valence-corrected chi connectivity index (χ1v) is 11.5. The molecule has 0 fully saturated rings. The van der Waals surface area contributed by atoms with Crippen LogP contribution in [0.15, 0.2) is 66.7 Å². The topological polar surface area (TPSA) is 84.5 Å². The summed E-state index contributed by atoms with van der Waals surface area (Å²) in [4.78, 5) is 12.3. The van der Waals surface area contributed by atoms with Crippen molar-refractivity contribution in [2.75, 3.05) is 12.4 Å². The van der Waals surface area contributed by atoms with E-state index in [9.17, 15) is 13.2 Å². The Morgan fingerprint density at radius 3 is 2.35 bits per heavy atom. The van der Waals surface area contributed by atoms with E-state index in [2.05, 4.69) is 10.0 Å². The first kappa shape index (κ1) is 22.5. The molecule has 0 bridgehead atoms. The van der Waals surface area contributed by atoms with Crippen LogP contribution in [0, 0.1) is 13.8 Å². The van der Waals surface area contributed by atoms with Crippen LogP contribution in [0.5, 0.6) is 5.75 Å². The van der Waals surface area contributed by atoms with E-state index in [0.29, 0.717) is 22.6 Å². The molecule has 0 aliphatic carbocycles. The zero-order valence-electron chi connectivity index (χ0n) is 17.8. The molecular weight excluding hydrogens is 412 g/mol. The van der Waals surface area contributed by atoms with E-state index in [4.69, 9.17) is 4.74 Å². The Hall–Kier alpha value is -3.16. The molecule has 0 heterocycles. The molecule has 162 valence electrons. The number of hydrogen-bond donors (Lipinski definition) is 2. The molecule has 2 N–H and O–H groups in total. The maximum atomic E-state index is 12.5. The molecule has 0 aromatic heterocycles. The Morgan fingerprint density at radius 1 is 0.935 bits per heavy atom. The third-order valence-electron chi connectivity index (χ3n) is 4.99. The summed E-state index contributed by atoms with van der Waals surface area (Å²) in [6, 6.07) is 19.6. The third kappa shape index (κ3) is 6.16. The maximum Gasteiger partial charge on any atom is 0.255 e. The summed E-state index contributed by atoms with van der Waals surface area (Å²) in [5, 5.41) is 2.82. The van der Waals surface area contributed by atoms with Gasteiger partial charge < -0.3 is 10.1 Å². The normalized spacial score (nSPS) is 11.2. The number of nitrogens with one attached hydrogen (secondary N) is 2. The highest BCUT2D eigenvalue weighted by Gasteiger charge is 2.14. The van der Waals surface area contributed by atoms with Gasteiger partial charge in [-0.05, 0) is 48.7 Å². The number of aryl methyl sites for hydroxylation is 2. The third-order valence-corrected chi connectivity index (χ3v) is 6.29. The molecule has 0 spiro atoms. The number of ether oxygens (including phenoxy) is 1. The number of anilines is 1. The van der Waals surface area contributed by atoms with Crippen LogP contribution in [-0.4, -0.2) is 21.4 Å². The Morgan fingerprint density at radius 2 is 1.68 bits per heavy atom. The van der Waals surface area contributed by atoms with E-state index in [0.717, 1.165) is 16.7 Å². The molecule has 0 aliphatic heterocycles. The van der Waals surface area contributed by atoms with Crippen LogP contribution in [0.3, 0.4) is 0 Å². The SMILES string of the molecule is COc1cc(NC(=O)c2ccccc2)ccc1CNS(=O)(=O)Cc1ccc(C)c(C)c1. The number of rotatable bonds is 8. The molecule has 3 aromatic rings. The Labute approximate surface area is 183 Å². The predicted octanol–water partition coefficient (Wildman–Crippen LogP) is 4.18. The number of benzene rings is 3. The maximum absolute atomic E-state index is 12.5. The highest BCUT2D eigenvalue weighted by atomic mass is 32.2. The standard InChI is InChI=1S/C24H26N2O4S/c1-17-9-10-19(13-18(17)2)16-31(28,29)25-15-21-11-12-22(14-23(21)30-3)26-24(27)20-7-5-4-6-8-20/h4-14,25H,15-16H2,1-3H3,(H,26,27). The number of carbonyl (C=O) groups is 1. The van der Waals surface area contributed by atoms with Gasteiger partial charge in [0.05, 0.1) is 12.9 Å². The first-order chi connectivity index (χ1) is 14.8. The van der Waals surface area contributed by atoms with Crippen LogP contribution >= 0.6 is 0 Å². The van der Waals surface area contributed by atoms with Gasteiger partial charge in [-0.25, -0.2) is 13.1 Å². The summed E-state index contributed by atoms with van der Waals surface area (Å²) in [5.41, 5.74) is 4.70. The number of hydrogen-bond acceptors (Lipinski definition) is 4. The average Bonchev–Trinajstić information content (AvgIpc) is 2.75. The Balaban J connectivity index is 1.67. The van der Waals surface area contributed by atoms with E-state index in [-0.39, 0.29) is 18.2 Å². The van der Waals surface area contributed by atoms with E-state index < -0.39 is 10.0 Å². The van der Waals surface area contributed by atoms with Crippen molar-refractivity contribution in [1.29, 1.82) is 0 Å². The zero-order chi connectivity index (χ0) is 22.4. The fourth-order valence-electron chi connectivity index (χ4n) is 3.11. The molecule has 1 amide bonds. The van der Waals surface area contributed by atoms with Gasteiger partial charge in [-0.2, -0.15) is 0 Å². The van der Waals surface area contributed by atoms with Gasteiger partial charge in [0.1, 0.15) is 5.75 Å².